The zero-order chi connectivity index (χ0) is 17.4. The van der Waals surface area contributed by atoms with Crippen LogP contribution in [0, 0.1) is 22.7 Å². The highest BCUT2D eigenvalue weighted by atomic mass is 16.5. The van der Waals surface area contributed by atoms with Crippen molar-refractivity contribution in [3.63, 3.8) is 0 Å². The van der Waals surface area contributed by atoms with Crippen molar-refractivity contribution in [2.45, 2.75) is 0 Å². The Labute approximate surface area is 139 Å². The van der Waals surface area contributed by atoms with Crippen molar-refractivity contribution >= 4 is 17.3 Å². The van der Waals surface area contributed by atoms with Crippen LogP contribution in [0.4, 0.5) is 11.4 Å². The first-order valence-corrected chi connectivity index (χ1v) is 6.99. The number of ether oxygens (including phenoxy) is 1. The van der Waals surface area contributed by atoms with Crippen LogP contribution in [0.1, 0.15) is 10.4 Å². The van der Waals surface area contributed by atoms with Crippen molar-refractivity contribution < 1.29 is 9.53 Å². The van der Waals surface area contributed by atoms with E-state index in [1.165, 1.54) is 13.3 Å². The van der Waals surface area contributed by atoms with Crippen molar-refractivity contribution in [3.8, 4) is 17.9 Å². The van der Waals surface area contributed by atoms with Gasteiger partial charge in [0.25, 0.3) is 5.91 Å². The molecule has 6 nitrogen and oxygen atoms in total. The van der Waals surface area contributed by atoms with Crippen LogP contribution in [0.15, 0.2) is 60.3 Å². The van der Waals surface area contributed by atoms with E-state index in [1.807, 2.05) is 0 Å². The standard InChI is InChI=1S/C18H14N4O2/c1-24-17-8-3-2-7-16(17)18(23)22-15-6-4-5-14(9-15)21-12-13(10-19)11-20/h2-9,12,21H,1H3,(H,22,23). The summed E-state index contributed by atoms with van der Waals surface area (Å²) in [4.78, 5) is 12.4. The zero-order valence-electron chi connectivity index (χ0n) is 12.9. The van der Waals surface area contributed by atoms with Gasteiger partial charge in [0.2, 0.25) is 0 Å². The van der Waals surface area contributed by atoms with Gasteiger partial charge in [-0.2, -0.15) is 10.5 Å². The summed E-state index contributed by atoms with van der Waals surface area (Å²) in [5.41, 5.74) is 1.59. The van der Waals surface area contributed by atoms with Gasteiger partial charge in [0, 0.05) is 17.6 Å². The minimum absolute atomic E-state index is 0.0431. The number of nitriles is 2. The molecular weight excluding hydrogens is 304 g/mol. The van der Waals surface area contributed by atoms with Gasteiger partial charge in [0.15, 0.2) is 0 Å². The quantitative estimate of drug-likeness (QED) is 0.824. The van der Waals surface area contributed by atoms with Crippen molar-refractivity contribution in [1.82, 2.24) is 0 Å². The summed E-state index contributed by atoms with van der Waals surface area (Å²) in [5, 5.41) is 23.0. The molecule has 0 atom stereocenters. The highest BCUT2D eigenvalue weighted by molar-refractivity contribution is 6.06. The number of carbonyl (C=O) groups is 1. The molecule has 2 N–H and O–H groups in total. The molecule has 0 unspecified atom stereocenters. The molecule has 0 aromatic heterocycles. The van der Waals surface area contributed by atoms with Crippen LogP contribution in [0.3, 0.4) is 0 Å². The maximum absolute atomic E-state index is 12.4. The Morgan fingerprint density at radius 1 is 1.08 bits per heavy atom. The molecule has 0 saturated heterocycles. The Kier molecular flexibility index (Phi) is 5.55. The van der Waals surface area contributed by atoms with Gasteiger partial charge in [0.05, 0.1) is 12.7 Å². The van der Waals surface area contributed by atoms with Gasteiger partial charge < -0.3 is 15.4 Å². The first kappa shape index (κ1) is 16.6. The third kappa shape index (κ3) is 4.12. The van der Waals surface area contributed by atoms with E-state index in [-0.39, 0.29) is 11.5 Å². The van der Waals surface area contributed by atoms with Gasteiger partial charge in [-0.15, -0.1) is 0 Å². The van der Waals surface area contributed by atoms with E-state index in [4.69, 9.17) is 15.3 Å². The van der Waals surface area contributed by atoms with Crippen LogP contribution >= 0.6 is 0 Å². The second kappa shape index (κ2) is 8.02. The Balaban J connectivity index is 2.15. The number of amides is 1. The van der Waals surface area contributed by atoms with Gasteiger partial charge in [-0.05, 0) is 30.3 Å². The van der Waals surface area contributed by atoms with Crippen molar-refractivity contribution in [2.24, 2.45) is 0 Å². The molecule has 0 saturated carbocycles. The molecule has 2 rings (SSSR count). The number of hydrogen-bond donors (Lipinski definition) is 2. The molecular formula is C18H14N4O2. The minimum atomic E-state index is -0.296. The second-order valence-corrected chi connectivity index (χ2v) is 4.66. The molecule has 0 radical (unpaired) electrons. The first-order valence-electron chi connectivity index (χ1n) is 6.99. The van der Waals surface area contributed by atoms with E-state index in [0.29, 0.717) is 22.7 Å². The minimum Gasteiger partial charge on any atom is -0.496 e. The molecule has 0 aliphatic heterocycles. The number of anilines is 2. The SMILES string of the molecule is COc1ccccc1C(=O)Nc1cccc(NC=C(C#N)C#N)c1. The number of nitrogens with zero attached hydrogens (tertiary/aromatic N) is 2. The summed E-state index contributed by atoms with van der Waals surface area (Å²) in [7, 11) is 1.50. The smallest absolute Gasteiger partial charge is 0.259 e. The normalized spacial score (nSPS) is 9.12. The Morgan fingerprint density at radius 3 is 2.50 bits per heavy atom. The number of allylic oxidation sites excluding steroid dienone is 1. The van der Waals surface area contributed by atoms with Crippen LogP contribution in [-0.4, -0.2) is 13.0 Å². The average molecular weight is 318 g/mol. The Morgan fingerprint density at radius 2 is 1.79 bits per heavy atom. The summed E-state index contributed by atoms with van der Waals surface area (Å²) in [6.45, 7) is 0. The van der Waals surface area contributed by atoms with Gasteiger partial charge in [-0.1, -0.05) is 18.2 Å². The number of hydrogen-bond acceptors (Lipinski definition) is 5. The second-order valence-electron chi connectivity index (χ2n) is 4.66. The molecule has 0 bridgehead atoms. The highest BCUT2D eigenvalue weighted by Gasteiger charge is 2.11. The summed E-state index contributed by atoms with van der Waals surface area (Å²) in [5.74, 6) is 0.190. The number of methoxy groups -OCH3 is 1. The van der Waals surface area contributed by atoms with Crippen molar-refractivity contribution in [3.05, 3.63) is 65.9 Å². The fourth-order valence-corrected chi connectivity index (χ4v) is 1.96. The number of carbonyl (C=O) groups excluding carboxylic acids is 1. The molecule has 0 aliphatic rings. The topological polar surface area (TPSA) is 97.9 Å². The summed E-state index contributed by atoms with van der Waals surface area (Å²) >= 11 is 0. The van der Waals surface area contributed by atoms with Crippen LogP contribution in [0.2, 0.25) is 0 Å². The third-order valence-electron chi connectivity index (χ3n) is 3.10. The van der Waals surface area contributed by atoms with E-state index in [9.17, 15) is 4.79 Å². The van der Waals surface area contributed by atoms with Crippen molar-refractivity contribution in [1.29, 1.82) is 10.5 Å². The molecule has 2 aromatic carbocycles. The number of nitrogens with one attached hydrogen (secondary N) is 2. The fourth-order valence-electron chi connectivity index (χ4n) is 1.96. The summed E-state index contributed by atoms with van der Waals surface area (Å²) < 4.78 is 5.18. The molecule has 118 valence electrons. The van der Waals surface area contributed by atoms with Crippen LogP contribution in [0.5, 0.6) is 5.75 Å². The average Bonchev–Trinajstić information content (AvgIpc) is 2.62. The molecule has 0 fully saturated rings. The number of rotatable bonds is 5. The van der Waals surface area contributed by atoms with E-state index in [0.717, 1.165) is 0 Å². The lowest BCUT2D eigenvalue weighted by molar-refractivity contribution is 0.102. The van der Waals surface area contributed by atoms with E-state index in [2.05, 4.69) is 10.6 Å². The maximum atomic E-state index is 12.4. The zero-order valence-corrected chi connectivity index (χ0v) is 12.9. The van der Waals surface area contributed by atoms with Gasteiger partial charge in [0.1, 0.15) is 23.5 Å². The predicted octanol–water partition coefficient (Wildman–Crippen LogP) is 3.29. The van der Waals surface area contributed by atoms with Gasteiger partial charge in [-0.25, -0.2) is 0 Å². The summed E-state index contributed by atoms with van der Waals surface area (Å²) in [6, 6.07) is 17.4. The largest absolute Gasteiger partial charge is 0.496 e. The molecule has 0 spiro atoms. The first-order chi connectivity index (χ1) is 11.7. The fraction of sp³-hybridized carbons (Fsp3) is 0.0556. The molecule has 0 aliphatic carbocycles. The lowest BCUT2D eigenvalue weighted by Crippen LogP contribution is -2.13. The maximum Gasteiger partial charge on any atom is 0.259 e. The lowest BCUT2D eigenvalue weighted by atomic mass is 10.2. The third-order valence-corrected chi connectivity index (χ3v) is 3.10. The number of benzene rings is 2. The van der Waals surface area contributed by atoms with Crippen LogP contribution < -0.4 is 15.4 Å². The van der Waals surface area contributed by atoms with Crippen molar-refractivity contribution in [2.75, 3.05) is 17.7 Å². The van der Waals surface area contributed by atoms with Gasteiger partial charge in [-0.3, -0.25) is 4.79 Å². The van der Waals surface area contributed by atoms with Gasteiger partial charge >= 0.3 is 0 Å². The highest BCUT2D eigenvalue weighted by Crippen LogP contribution is 2.20. The Hall–Kier alpha value is -3.77. The lowest BCUT2D eigenvalue weighted by Gasteiger charge is -2.10. The number of para-hydroxylation sites is 1. The van der Waals surface area contributed by atoms with E-state index >= 15 is 0 Å². The molecule has 1 amide bonds. The molecule has 6 heteroatoms. The van der Waals surface area contributed by atoms with E-state index < -0.39 is 0 Å². The van der Waals surface area contributed by atoms with E-state index in [1.54, 1.807) is 60.7 Å². The molecule has 24 heavy (non-hydrogen) atoms. The Bertz CT molecular complexity index is 844. The monoisotopic (exact) mass is 318 g/mol. The van der Waals surface area contributed by atoms with Crippen LogP contribution in [-0.2, 0) is 0 Å². The summed E-state index contributed by atoms with van der Waals surface area (Å²) in [6.07, 6.45) is 1.31. The predicted molar refractivity (Wildman–Crippen MR) is 90.3 cm³/mol. The molecule has 2 aromatic rings. The van der Waals surface area contributed by atoms with Crippen LogP contribution in [0.25, 0.3) is 0 Å². The molecule has 0 heterocycles.